The van der Waals surface area contributed by atoms with Crippen LogP contribution in [0.3, 0.4) is 0 Å². The van der Waals surface area contributed by atoms with Gasteiger partial charge in [-0.15, -0.1) is 0 Å². The number of phenols is 1. The van der Waals surface area contributed by atoms with Crippen molar-refractivity contribution in [1.29, 1.82) is 0 Å². The van der Waals surface area contributed by atoms with E-state index in [4.69, 9.17) is 5.11 Å². The molecule has 1 saturated carbocycles. The second kappa shape index (κ2) is 3.76. The molecule has 2 amide bonds. The number of aromatic hydroxyl groups is 1. The Bertz CT molecular complexity index is 391. The average molecular weight is 210 g/mol. The number of carbonyl (C=O) groups is 1. The lowest BCUT2D eigenvalue weighted by Crippen LogP contribution is -2.30. The highest BCUT2D eigenvalue weighted by atomic mass is 19.1. The van der Waals surface area contributed by atoms with Crippen LogP contribution in [0.4, 0.5) is 14.9 Å². The quantitative estimate of drug-likeness (QED) is 0.652. The molecule has 80 valence electrons. The zero-order valence-corrected chi connectivity index (χ0v) is 7.96. The lowest BCUT2D eigenvalue weighted by Gasteiger charge is -2.07. The van der Waals surface area contributed by atoms with Gasteiger partial charge in [0.15, 0.2) is 0 Å². The molecule has 0 bridgehead atoms. The van der Waals surface area contributed by atoms with Crippen LogP contribution in [0.1, 0.15) is 12.8 Å². The standard InChI is InChI=1S/C10H11FN2O2/c11-8-5-7(14)3-4-9(8)13-10(15)12-6-1-2-6/h3-6,14H,1-2H2,(H2,12,13,15). The summed E-state index contributed by atoms with van der Waals surface area (Å²) in [6.45, 7) is 0. The molecule has 5 heteroatoms. The molecule has 0 aliphatic heterocycles. The first-order valence-corrected chi connectivity index (χ1v) is 4.71. The van der Waals surface area contributed by atoms with E-state index in [0.717, 1.165) is 18.9 Å². The minimum atomic E-state index is -0.652. The number of halogens is 1. The number of amides is 2. The van der Waals surface area contributed by atoms with Gasteiger partial charge in [0.05, 0.1) is 5.69 Å². The minimum absolute atomic E-state index is 0.0611. The van der Waals surface area contributed by atoms with Crippen molar-refractivity contribution in [2.75, 3.05) is 5.32 Å². The fourth-order valence-electron chi connectivity index (χ4n) is 1.18. The van der Waals surface area contributed by atoms with Gasteiger partial charge in [-0.3, -0.25) is 0 Å². The summed E-state index contributed by atoms with van der Waals surface area (Å²) >= 11 is 0. The summed E-state index contributed by atoms with van der Waals surface area (Å²) in [7, 11) is 0. The van der Waals surface area contributed by atoms with Crippen molar-refractivity contribution in [2.45, 2.75) is 18.9 Å². The van der Waals surface area contributed by atoms with Gasteiger partial charge in [-0.2, -0.15) is 0 Å². The molecule has 3 N–H and O–H groups in total. The molecular weight excluding hydrogens is 199 g/mol. The highest BCUT2D eigenvalue weighted by molar-refractivity contribution is 5.89. The molecule has 0 radical (unpaired) electrons. The summed E-state index contributed by atoms with van der Waals surface area (Å²) in [5.41, 5.74) is 0.0611. The van der Waals surface area contributed by atoms with Gasteiger partial charge in [-0.25, -0.2) is 9.18 Å². The summed E-state index contributed by atoms with van der Waals surface area (Å²) in [5.74, 6) is -0.818. The van der Waals surface area contributed by atoms with Gasteiger partial charge in [0.1, 0.15) is 11.6 Å². The van der Waals surface area contributed by atoms with Gasteiger partial charge in [-0.1, -0.05) is 0 Å². The Morgan fingerprint density at radius 2 is 2.20 bits per heavy atom. The van der Waals surface area contributed by atoms with Crippen LogP contribution in [0, 0.1) is 5.82 Å². The van der Waals surface area contributed by atoms with Gasteiger partial charge >= 0.3 is 6.03 Å². The lowest BCUT2D eigenvalue weighted by atomic mass is 10.3. The molecule has 0 atom stereocenters. The summed E-state index contributed by atoms with van der Waals surface area (Å²) in [4.78, 5) is 11.2. The third-order valence-corrected chi connectivity index (χ3v) is 2.11. The van der Waals surface area contributed by atoms with Crippen LogP contribution in [0.25, 0.3) is 0 Å². The maximum Gasteiger partial charge on any atom is 0.319 e. The molecular formula is C10H11FN2O2. The monoisotopic (exact) mass is 210 g/mol. The molecule has 1 aliphatic carbocycles. The minimum Gasteiger partial charge on any atom is -0.508 e. The predicted molar refractivity (Wildman–Crippen MR) is 53.2 cm³/mol. The van der Waals surface area contributed by atoms with Crippen LogP contribution in [0.2, 0.25) is 0 Å². The van der Waals surface area contributed by atoms with E-state index in [-0.39, 0.29) is 17.5 Å². The Morgan fingerprint density at radius 3 is 2.80 bits per heavy atom. The van der Waals surface area contributed by atoms with Crippen molar-refractivity contribution in [2.24, 2.45) is 0 Å². The number of carbonyl (C=O) groups excluding carboxylic acids is 1. The number of hydrogen-bond donors (Lipinski definition) is 3. The Morgan fingerprint density at radius 1 is 1.47 bits per heavy atom. The summed E-state index contributed by atoms with van der Waals surface area (Å²) in [6.07, 6.45) is 1.96. The van der Waals surface area contributed by atoms with Gasteiger partial charge in [0.25, 0.3) is 0 Å². The first-order chi connectivity index (χ1) is 7.15. The van der Waals surface area contributed by atoms with Crippen LogP contribution >= 0.6 is 0 Å². The molecule has 1 aromatic rings. The zero-order valence-electron chi connectivity index (χ0n) is 7.96. The van der Waals surface area contributed by atoms with E-state index >= 15 is 0 Å². The molecule has 1 aliphatic rings. The molecule has 4 nitrogen and oxygen atoms in total. The summed E-state index contributed by atoms with van der Waals surface area (Å²) in [5, 5.41) is 14.0. The van der Waals surface area contributed by atoms with E-state index in [1.165, 1.54) is 12.1 Å². The Hall–Kier alpha value is -1.78. The third kappa shape index (κ3) is 2.59. The smallest absolute Gasteiger partial charge is 0.319 e. The largest absolute Gasteiger partial charge is 0.508 e. The van der Waals surface area contributed by atoms with Gasteiger partial charge in [0.2, 0.25) is 0 Å². The van der Waals surface area contributed by atoms with Gasteiger partial charge < -0.3 is 15.7 Å². The van der Waals surface area contributed by atoms with E-state index in [1.54, 1.807) is 0 Å². The fraction of sp³-hybridized carbons (Fsp3) is 0.300. The first kappa shape index (κ1) is 9.76. The number of nitrogens with one attached hydrogen (secondary N) is 2. The van der Waals surface area contributed by atoms with E-state index in [1.807, 2.05) is 0 Å². The number of benzene rings is 1. The lowest BCUT2D eigenvalue weighted by molar-refractivity contribution is 0.251. The first-order valence-electron chi connectivity index (χ1n) is 4.71. The second-order valence-corrected chi connectivity index (χ2v) is 3.54. The Balaban J connectivity index is 1.99. The summed E-state index contributed by atoms with van der Waals surface area (Å²) in [6, 6.07) is 3.40. The van der Waals surface area contributed by atoms with Crippen molar-refractivity contribution in [1.82, 2.24) is 5.32 Å². The van der Waals surface area contributed by atoms with Crippen LogP contribution in [-0.2, 0) is 0 Å². The van der Waals surface area contributed by atoms with E-state index in [9.17, 15) is 9.18 Å². The maximum atomic E-state index is 13.2. The molecule has 0 aromatic heterocycles. The van der Waals surface area contributed by atoms with Gasteiger partial charge in [-0.05, 0) is 25.0 Å². The molecule has 0 unspecified atom stereocenters. The SMILES string of the molecule is O=C(Nc1ccc(O)cc1F)NC1CC1. The van der Waals surface area contributed by atoms with Crippen molar-refractivity contribution in [3.8, 4) is 5.75 Å². The molecule has 0 spiro atoms. The molecule has 1 fully saturated rings. The van der Waals surface area contributed by atoms with E-state index < -0.39 is 11.8 Å². The van der Waals surface area contributed by atoms with Crippen LogP contribution < -0.4 is 10.6 Å². The van der Waals surface area contributed by atoms with Crippen LogP contribution in [0.15, 0.2) is 18.2 Å². The number of rotatable bonds is 2. The molecule has 15 heavy (non-hydrogen) atoms. The Kier molecular flexibility index (Phi) is 2.45. The number of urea groups is 1. The molecule has 1 aromatic carbocycles. The summed E-state index contributed by atoms with van der Waals surface area (Å²) < 4.78 is 13.2. The van der Waals surface area contributed by atoms with E-state index in [2.05, 4.69) is 10.6 Å². The third-order valence-electron chi connectivity index (χ3n) is 2.11. The van der Waals surface area contributed by atoms with Gasteiger partial charge in [0, 0.05) is 12.1 Å². The van der Waals surface area contributed by atoms with Crippen molar-refractivity contribution in [3.63, 3.8) is 0 Å². The molecule has 0 heterocycles. The fourth-order valence-corrected chi connectivity index (χ4v) is 1.18. The number of phenolic OH excluding ortho intramolecular Hbond substituents is 1. The van der Waals surface area contributed by atoms with E-state index in [0.29, 0.717) is 0 Å². The van der Waals surface area contributed by atoms with Crippen molar-refractivity contribution >= 4 is 11.7 Å². The number of hydrogen-bond acceptors (Lipinski definition) is 2. The molecule has 0 saturated heterocycles. The zero-order chi connectivity index (χ0) is 10.8. The normalized spacial score (nSPS) is 14.7. The van der Waals surface area contributed by atoms with Crippen molar-refractivity contribution in [3.05, 3.63) is 24.0 Å². The number of anilines is 1. The van der Waals surface area contributed by atoms with Crippen LogP contribution in [0.5, 0.6) is 5.75 Å². The second-order valence-electron chi connectivity index (χ2n) is 3.54. The predicted octanol–water partition coefficient (Wildman–Crippen LogP) is 1.82. The highest BCUT2D eigenvalue weighted by Crippen LogP contribution is 2.21. The van der Waals surface area contributed by atoms with Crippen LogP contribution in [-0.4, -0.2) is 17.2 Å². The maximum absolute atomic E-state index is 13.2. The Labute approximate surface area is 86.1 Å². The van der Waals surface area contributed by atoms with Crippen molar-refractivity contribution < 1.29 is 14.3 Å². The highest BCUT2D eigenvalue weighted by Gasteiger charge is 2.23. The molecule has 2 rings (SSSR count). The topological polar surface area (TPSA) is 61.4 Å². The average Bonchev–Trinajstić information content (AvgIpc) is 2.94.